The first-order valence-corrected chi connectivity index (χ1v) is 46.7. The summed E-state index contributed by atoms with van der Waals surface area (Å²) < 4.78 is 53.7. The Hall–Kier alpha value is -16.2. The summed E-state index contributed by atoms with van der Waals surface area (Å²) in [6.45, 7) is 29.9. The smallest absolute Gasteiger partial charge is 0.299 e. The van der Waals surface area contributed by atoms with Crippen LogP contribution in [0.4, 0.5) is 5.69 Å². The predicted octanol–water partition coefficient (Wildman–Crippen LogP) is 20.3. The van der Waals surface area contributed by atoms with Crippen LogP contribution in [0.2, 0.25) is 0 Å². The number of ether oxygens (including phenoxy) is 9. The second-order valence-electron chi connectivity index (χ2n) is 34.8. The van der Waals surface area contributed by atoms with Gasteiger partial charge in [-0.05, 0) is 257 Å². The van der Waals surface area contributed by atoms with Gasteiger partial charge in [0, 0.05) is 84.6 Å². The van der Waals surface area contributed by atoms with Crippen LogP contribution in [0.25, 0.3) is 49.3 Å². The van der Waals surface area contributed by atoms with E-state index < -0.39 is 0 Å². The molecule has 1 saturated heterocycles. The molecule has 7 aromatic heterocycles. The minimum Gasteiger partial charge on any atom is -0.493 e. The van der Waals surface area contributed by atoms with E-state index in [0.717, 1.165) is 170 Å². The summed E-state index contributed by atoms with van der Waals surface area (Å²) in [6, 6.07) is 76.5. The van der Waals surface area contributed by atoms with E-state index in [1.807, 2.05) is 211 Å². The van der Waals surface area contributed by atoms with Crippen molar-refractivity contribution < 1.29 is 66.3 Å². The molecule has 140 heavy (non-hydrogen) atoms. The average molecular weight is 1880 g/mol. The van der Waals surface area contributed by atoms with E-state index >= 15 is 0 Å². The van der Waals surface area contributed by atoms with Crippen LogP contribution in [0.5, 0.6) is 51.9 Å². The van der Waals surface area contributed by atoms with Gasteiger partial charge in [-0.2, -0.15) is 10.1 Å². The molecule has 7 aliphatic rings. The van der Waals surface area contributed by atoms with Gasteiger partial charge in [-0.3, -0.25) is 29.1 Å². The number of rotatable bonds is 8. The molecule has 0 atom stereocenters. The van der Waals surface area contributed by atoms with Gasteiger partial charge in [0.25, 0.3) is 6.47 Å². The minimum atomic E-state index is -0.353. The molecule has 2 N–H and O–H groups in total. The summed E-state index contributed by atoms with van der Waals surface area (Å²) in [5.74, 6) is 9.16. The Morgan fingerprint density at radius 2 is 0.936 bits per heavy atom. The monoisotopic (exact) mass is 1880 g/mol. The zero-order valence-electron chi connectivity index (χ0n) is 81.2. The lowest BCUT2D eigenvalue weighted by Crippen LogP contribution is -2.28. The first-order valence-electron chi connectivity index (χ1n) is 46.7. The molecule has 1 fully saturated rings. The van der Waals surface area contributed by atoms with Crippen LogP contribution in [-0.2, 0) is 57.8 Å². The fourth-order valence-electron chi connectivity index (χ4n) is 15.8. The first-order chi connectivity index (χ1) is 67.8. The summed E-state index contributed by atoms with van der Waals surface area (Å²) in [5, 5.41) is 12.3. The Balaban J connectivity index is 0.000000123. The second kappa shape index (κ2) is 49.0. The van der Waals surface area contributed by atoms with Gasteiger partial charge in [0.1, 0.15) is 55.2 Å². The Bertz CT molecular complexity index is 7040. The van der Waals surface area contributed by atoms with Gasteiger partial charge in [-0.25, -0.2) is 24.5 Å². The van der Waals surface area contributed by atoms with Gasteiger partial charge < -0.3 is 62.7 Å². The molecule has 0 unspecified atom stereocenters. The highest BCUT2D eigenvalue weighted by Crippen LogP contribution is 2.35. The quantitative estimate of drug-likeness (QED) is 0.138. The van der Waals surface area contributed by atoms with E-state index in [-0.39, 0.29) is 30.6 Å². The lowest BCUT2D eigenvalue weighted by molar-refractivity contribution is -0.128. The van der Waals surface area contributed by atoms with Gasteiger partial charge in [0.05, 0.1) is 84.0 Å². The van der Waals surface area contributed by atoms with Gasteiger partial charge in [0.2, 0.25) is 30.9 Å². The molecule has 24 rings (SSSR count). The standard InChI is InChI=1S/C15H16N2O.C12H10N4O.C12H12N2O.C11H9NO2.C10H13NO.C10H10O2.C10H12O.C9H10O2.C9H10O.C8H8O2.C7H7N3/c1-11-4-7-14-12(9-11)5-6-13(16-14)10-17-8-2-3-15(17)18;1-8-2-3-10-9(4-8)6-13-11(15-10)5-12-14-7-17-16-12;1-8-2-5-11-9(6-8)3-4-10(14-11)7-12(13)15;1-8-2-4-10-9(6-8)3-5-11(12-10)14-7-13;1-8-3-4-10-9(7-8)11(2)5-6-12-10;1-7-2-3-10-8(4-7)5-9(11)6-12-10;1-8-4-5-10-9(7-8)3-2-6-11-10;1-7-2-3-8-9(6-7)11-5-4-10-8;1-7-2-3-9-8(6-7)4-5-10-9;1-6-2-3-7-8(4-6)10-5-9-7;1-6-2-3-7-8-4-5-10(7)9-6/h4-7,9H,2-3,8,10H2,1H3;2-4,6-7H,5H2,1H3;2-6H,7H2,1H3,(H2,13,15);2-7H,1H3;3-4,7H,5-6H2,1-2H3;2-4H,5-6H2,1H3;4-5,7H,2-3,6H2,1H3;2-3,6H,4-5H2,1H3;2-3,6H,4-5H2,1H3;2-4H,5H2,1H3;2-5H,1H3. The van der Waals surface area contributed by atoms with Crippen molar-refractivity contribution in [3.05, 3.63) is 357 Å². The van der Waals surface area contributed by atoms with Gasteiger partial charge in [-0.1, -0.05) is 135 Å². The van der Waals surface area contributed by atoms with Crippen molar-refractivity contribution in [2.45, 2.75) is 134 Å². The molecule has 0 radical (unpaired) electrons. The number of Topliss-reactive ketones (excluding diaryl/α,β-unsaturated/α-hetero) is 1. The van der Waals surface area contributed by atoms with Gasteiger partial charge >= 0.3 is 0 Å². The lowest BCUT2D eigenvalue weighted by atomic mass is 10.0. The maximum Gasteiger partial charge on any atom is 0.299 e. The number of benzene rings is 10. The van der Waals surface area contributed by atoms with Crippen molar-refractivity contribution in [3.8, 4) is 51.9 Å². The zero-order valence-corrected chi connectivity index (χ0v) is 81.2. The van der Waals surface area contributed by atoms with Crippen LogP contribution in [0.1, 0.15) is 120 Å². The molecule has 0 bridgehead atoms. The summed E-state index contributed by atoms with van der Waals surface area (Å²) in [6.07, 6.45) is 13.0. The largest absolute Gasteiger partial charge is 0.493 e. The molecule has 2 amide bonds. The van der Waals surface area contributed by atoms with Gasteiger partial charge in [0.15, 0.2) is 40.3 Å². The van der Waals surface area contributed by atoms with Crippen LogP contribution in [0.15, 0.2) is 260 Å². The summed E-state index contributed by atoms with van der Waals surface area (Å²) in [7, 11) is 2.10. The number of fused-ring (bicyclic) bond motifs is 11. The number of likely N-dealkylation sites (tertiary alicyclic amines) is 1. The molecule has 17 aromatic rings. The van der Waals surface area contributed by atoms with E-state index in [9.17, 15) is 19.2 Å². The van der Waals surface area contributed by atoms with Crippen LogP contribution in [0, 0.1) is 76.2 Å². The van der Waals surface area contributed by atoms with Gasteiger partial charge in [-0.15, -0.1) is 0 Å². The van der Waals surface area contributed by atoms with E-state index in [0.29, 0.717) is 69.8 Å². The second-order valence-corrected chi connectivity index (χ2v) is 34.8. The molecule has 718 valence electrons. The number of imidazole rings is 1. The fourth-order valence-corrected chi connectivity index (χ4v) is 15.8. The number of carbonyl (C=O) groups excluding carboxylic acids is 4. The highest BCUT2D eigenvalue weighted by molar-refractivity contribution is 5.85. The first kappa shape index (κ1) is 99.8. The number of hydrogen-bond donors (Lipinski definition) is 1. The molecule has 27 heteroatoms. The SMILES string of the molecule is Cc1ccc2c(c1)CC(=O)CO2.Cc1ccc2c(c1)CCCO2.Cc1ccc2c(c1)CCO2.Cc1ccc2c(c1)N(C)CCO2.Cc1ccc2c(c1)OCCO2.Cc1ccc2c(c1)OCO2.Cc1ccc2nc(CC(N)=O)ccc2c1.Cc1ccc2nc(CN3CCCC3=O)ccc2c1.Cc1ccc2nc(Cc3ncon3)ncc2c1.Cc1ccc2nc(OC=O)ccc2c1.Cc1ccc2nccn2n1. The van der Waals surface area contributed by atoms with E-state index in [1.165, 1.54) is 85.3 Å². The molecule has 0 saturated carbocycles. The number of likely N-dealkylation sites (N-methyl/N-ethyl adjacent to an activating group) is 1. The number of primary amides is 1. The van der Waals surface area contributed by atoms with E-state index in [4.69, 9.17) is 43.6 Å². The van der Waals surface area contributed by atoms with Crippen molar-refractivity contribution in [1.82, 2.24) is 54.6 Å². The average Bonchev–Trinajstić information content (AvgIpc) is 1.38. The maximum absolute atomic E-state index is 11.6. The molecule has 0 spiro atoms. The van der Waals surface area contributed by atoms with E-state index in [1.54, 1.807) is 16.8 Å². The Labute approximate surface area is 815 Å². The topological polar surface area (TPSA) is 317 Å². The number of ketones is 1. The number of aromatic nitrogens is 10. The zero-order chi connectivity index (χ0) is 98.4. The van der Waals surface area contributed by atoms with Crippen molar-refractivity contribution in [2.75, 3.05) is 71.5 Å². The Morgan fingerprint density at radius 3 is 1.56 bits per heavy atom. The number of nitrogens with zero attached hydrogens (tertiary/aromatic N) is 12. The summed E-state index contributed by atoms with van der Waals surface area (Å²) >= 11 is 0. The maximum atomic E-state index is 11.6. The van der Waals surface area contributed by atoms with Crippen LogP contribution >= 0.6 is 0 Å². The number of nitrogens with two attached hydrogens (primary N) is 1. The molecular weight excluding hydrogens is 1760 g/mol. The van der Waals surface area contributed by atoms with E-state index in [2.05, 4.69) is 173 Å². The third kappa shape index (κ3) is 29.4. The van der Waals surface area contributed by atoms with Crippen molar-refractivity contribution >= 4 is 79.0 Å². The molecule has 0 aliphatic carbocycles. The number of hydrogen-bond acceptors (Lipinski definition) is 24. The molecular formula is C113H117N13O14. The van der Waals surface area contributed by atoms with Crippen molar-refractivity contribution in [3.63, 3.8) is 0 Å². The number of aryl methyl sites for hydroxylation is 12. The number of amides is 2. The molecule has 14 heterocycles. The lowest BCUT2D eigenvalue weighted by Gasteiger charge is -2.27. The van der Waals surface area contributed by atoms with Crippen LogP contribution in [0.3, 0.4) is 0 Å². The highest BCUT2D eigenvalue weighted by Gasteiger charge is 2.22. The molecule has 10 aromatic carbocycles. The third-order valence-electron chi connectivity index (χ3n) is 22.9. The predicted molar refractivity (Wildman–Crippen MR) is 543 cm³/mol. The summed E-state index contributed by atoms with van der Waals surface area (Å²) in [4.78, 5) is 77.4. The van der Waals surface area contributed by atoms with Crippen molar-refractivity contribution in [2.24, 2.45) is 5.73 Å². The summed E-state index contributed by atoms with van der Waals surface area (Å²) in [5.41, 5.74) is 29.7. The normalized spacial score (nSPS) is 13.2. The third-order valence-corrected chi connectivity index (χ3v) is 22.9. The Morgan fingerprint density at radius 1 is 0.429 bits per heavy atom. The highest BCUT2D eigenvalue weighted by atomic mass is 16.7. The number of anilines is 1. The molecule has 27 nitrogen and oxygen atoms in total. The fraction of sp³-hybridized carbons (Fsp3) is 0.265. The number of carbonyl (C=O) groups is 4. The Kier molecular flexibility index (Phi) is 34.9. The number of pyridine rings is 3. The van der Waals surface area contributed by atoms with Crippen LogP contribution < -0.4 is 53.3 Å². The van der Waals surface area contributed by atoms with Crippen LogP contribution in [-0.4, -0.2) is 145 Å². The molecule has 7 aliphatic heterocycles. The van der Waals surface area contributed by atoms with Crippen molar-refractivity contribution in [1.29, 1.82) is 0 Å². The minimum absolute atomic E-state index is 0.160.